The molecule has 0 aromatic heterocycles. The van der Waals surface area contributed by atoms with E-state index in [4.69, 9.17) is 4.74 Å². The predicted molar refractivity (Wildman–Crippen MR) is 109 cm³/mol. The van der Waals surface area contributed by atoms with Gasteiger partial charge in [0.2, 0.25) is 0 Å². The molecule has 0 aliphatic carbocycles. The molecule has 0 heterocycles. The van der Waals surface area contributed by atoms with Gasteiger partial charge in [-0.2, -0.15) is 0 Å². The van der Waals surface area contributed by atoms with Gasteiger partial charge in [-0.1, -0.05) is 71.8 Å². The van der Waals surface area contributed by atoms with Gasteiger partial charge in [-0.25, -0.2) is 0 Å². The molecule has 0 fully saturated rings. The second-order valence-electron chi connectivity index (χ2n) is 6.77. The number of aliphatic hydroxyl groups excluding tert-OH is 1. The molecule has 0 amide bonds. The topological polar surface area (TPSA) is 29.5 Å². The minimum Gasteiger partial charge on any atom is -0.491 e. The zero-order valence-corrected chi connectivity index (χ0v) is 15.1. The van der Waals surface area contributed by atoms with Gasteiger partial charge in [-0.3, -0.25) is 0 Å². The number of hydrogen-bond donors (Lipinski definition) is 1. The molecular weight excluding hydrogens is 320 g/mol. The monoisotopic (exact) mass is 342 g/mol. The molecule has 0 spiro atoms. The van der Waals surface area contributed by atoms with Crippen LogP contribution in [0, 0.1) is 13.8 Å². The summed E-state index contributed by atoms with van der Waals surface area (Å²) in [4.78, 5) is 0. The number of hydrogen-bond acceptors (Lipinski definition) is 2. The first kappa shape index (κ1) is 16.6. The second kappa shape index (κ2) is 6.81. The quantitative estimate of drug-likeness (QED) is 0.519. The molecule has 0 bridgehead atoms. The van der Waals surface area contributed by atoms with Gasteiger partial charge < -0.3 is 9.84 Å². The highest BCUT2D eigenvalue weighted by atomic mass is 16.5. The van der Waals surface area contributed by atoms with Crippen molar-refractivity contribution < 1.29 is 9.84 Å². The van der Waals surface area contributed by atoms with Gasteiger partial charge in [-0.05, 0) is 47.0 Å². The van der Waals surface area contributed by atoms with E-state index in [2.05, 4.69) is 74.5 Å². The first-order chi connectivity index (χ1) is 12.7. The summed E-state index contributed by atoms with van der Waals surface area (Å²) in [6, 6.07) is 23.5. The van der Waals surface area contributed by atoms with Gasteiger partial charge in [0.05, 0.1) is 6.61 Å². The minimum atomic E-state index is -0.0000594. The first-order valence-electron chi connectivity index (χ1n) is 8.94. The molecule has 2 nitrogen and oxygen atoms in total. The number of ether oxygens (including phenoxy) is 1. The van der Waals surface area contributed by atoms with Crippen LogP contribution >= 0.6 is 0 Å². The van der Waals surface area contributed by atoms with E-state index >= 15 is 0 Å². The van der Waals surface area contributed by atoms with Crippen molar-refractivity contribution in [3.8, 4) is 16.9 Å². The largest absolute Gasteiger partial charge is 0.491 e. The average molecular weight is 342 g/mol. The van der Waals surface area contributed by atoms with Gasteiger partial charge in [0.25, 0.3) is 0 Å². The Hall–Kier alpha value is -2.84. The molecule has 4 rings (SSSR count). The van der Waals surface area contributed by atoms with E-state index in [0.29, 0.717) is 0 Å². The van der Waals surface area contributed by atoms with Crippen LogP contribution in [0.1, 0.15) is 11.1 Å². The van der Waals surface area contributed by atoms with Crippen molar-refractivity contribution in [1.29, 1.82) is 0 Å². The van der Waals surface area contributed by atoms with E-state index in [0.717, 1.165) is 16.9 Å². The van der Waals surface area contributed by atoms with Crippen molar-refractivity contribution >= 4 is 21.5 Å². The third-order valence-electron chi connectivity index (χ3n) is 4.79. The molecule has 0 saturated heterocycles. The molecule has 2 heteroatoms. The van der Waals surface area contributed by atoms with Crippen molar-refractivity contribution in [2.75, 3.05) is 13.2 Å². The fourth-order valence-corrected chi connectivity index (χ4v) is 3.57. The molecule has 0 aliphatic rings. The molecule has 0 saturated carbocycles. The molecule has 26 heavy (non-hydrogen) atoms. The van der Waals surface area contributed by atoms with Crippen LogP contribution in [0.4, 0.5) is 0 Å². The summed E-state index contributed by atoms with van der Waals surface area (Å²) in [6.07, 6.45) is 0. The molecule has 1 N–H and O–H groups in total. The Morgan fingerprint density at radius 2 is 1.42 bits per heavy atom. The summed E-state index contributed by atoms with van der Waals surface area (Å²) >= 11 is 0. The molecule has 130 valence electrons. The van der Waals surface area contributed by atoms with Crippen LogP contribution in [0.2, 0.25) is 0 Å². The smallest absolute Gasteiger partial charge is 0.127 e. The van der Waals surface area contributed by atoms with Crippen LogP contribution in [-0.4, -0.2) is 18.3 Å². The van der Waals surface area contributed by atoms with Crippen molar-refractivity contribution in [1.82, 2.24) is 0 Å². The zero-order chi connectivity index (χ0) is 18.1. The van der Waals surface area contributed by atoms with Gasteiger partial charge in [0, 0.05) is 5.56 Å². The van der Waals surface area contributed by atoms with Crippen molar-refractivity contribution in [3.63, 3.8) is 0 Å². The summed E-state index contributed by atoms with van der Waals surface area (Å²) in [5.41, 5.74) is 4.71. The van der Waals surface area contributed by atoms with E-state index in [9.17, 15) is 5.11 Å². The van der Waals surface area contributed by atoms with E-state index in [1.165, 1.54) is 32.7 Å². The van der Waals surface area contributed by atoms with Gasteiger partial charge in [0.15, 0.2) is 0 Å². The standard InChI is InChI=1S/C24H22O2/c1-16-6-8-18-4-3-5-20(21(18)14-16)24-22-15-17(2)7-9-19(22)10-11-23(24)26-13-12-25/h3-11,14-15,25H,12-13H2,1-2H3. The Morgan fingerprint density at radius 3 is 2.15 bits per heavy atom. The fourth-order valence-electron chi connectivity index (χ4n) is 3.57. The highest BCUT2D eigenvalue weighted by molar-refractivity contribution is 6.08. The van der Waals surface area contributed by atoms with Crippen LogP contribution in [0.5, 0.6) is 5.75 Å². The number of fused-ring (bicyclic) bond motifs is 2. The van der Waals surface area contributed by atoms with Gasteiger partial charge in [-0.15, -0.1) is 0 Å². The molecule has 4 aromatic carbocycles. The Balaban J connectivity index is 2.09. The van der Waals surface area contributed by atoms with Crippen LogP contribution in [0.15, 0.2) is 66.7 Å². The molecule has 0 aliphatic heterocycles. The van der Waals surface area contributed by atoms with Crippen molar-refractivity contribution in [3.05, 3.63) is 77.9 Å². The van der Waals surface area contributed by atoms with Crippen LogP contribution in [0.3, 0.4) is 0 Å². The summed E-state index contributed by atoms with van der Waals surface area (Å²) in [7, 11) is 0. The van der Waals surface area contributed by atoms with Crippen molar-refractivity contribution in [2.24, 2.45) is 0 Å². The minimum absolute atomic E-state index is 0.0000594. The van der Waals surface area contributed by atoms with E-state index in [-0.39, 0.29) is 13.2 Å². The van der Waals surface area contributed by atoms with Crippen LogP contribution in [-0.2, 0) is 0 Å². The Kier molecular flexibility index (Phi) is 4.36. The maximum Gasteiger partial charge on any atom is 0.127 e. The fraction of sp³-hybridized carbons (Fsp3) is 0.167. The second-order valence-corrected chi connectivity index (χ2v) is 6.77. The number of rotatable bonds is 4. The Labute approximate surface area is 153 Å². The molecule has 4 aromatic rings. The third kappa shape index (κ3) is 2.93. The third-order valence-corrected chi connectivity index (χ3v) is 4.79. The SMILES string of the molecule is Cc1ccc2cccc(-c3c(OCCO)ccc4ccc(C)cc34)c2c1. The molecule has 0 atom stereocenters. The summed E-state index contributed by atoms with van der Waals surface area (Å²) < 4.78 is 5.92. The summed E-state index contributed by atoms with van der Waals surface area (Å²) in [6.45, 7) is 4.51. The first-order valence-corrected chi connectivity index (χ1v) is 8.94. The van der Waals surface area contributed by atoms with E-state index < -0.39 is 0 Å². The maximum atomic E-state index is 9.23. The van der Waals surface area contributed by atoms with Gasteiger partial charge >= 0.3 is 0 Å². The summed E-state index contributed by atoms with van der Waals surface area (Å²) in [5.74, 6) is 0.811. The van der Waals surface area contributed by atoms with Crippen LogP contribution in [0.25, 0.3) is 32.7 Å². The van der Waals surface area contributed by atoms with Gasteiger partial charge in [0.1, 0.15) is 12.4 Å². The lowest BCUT2D eigenvalue weighted by molar-refractivity contribution is 0.202. The number of benzene rings is 4. The maximum absolute atomic E-state index is 9.23. The lowest BCUT2D eigenvalue weighted by atomic mass is 9.92. The molecule has 0 radical (unpaired) electrons. The van der Waals surface area contributed by atoms with E-state index in [1.54, 1.807) is 0 Å². The average Bonchev–Trinajstić information content (AvgIpc) is 2.65. The molecule has 0 unspecified atom stereocenters. The lowest BCUT2D eigenvalue weighted by Crippen LogP contribution is -2.03. The highest BCUT2D eigenvalue weighted by Crippen LogP contribution is 2.41. The molecular formula is C24H22O2. The number of aryl methyl sites for hydroxylation is 2. The normalized spacial score (nSPS) is 11.2. The lowest BCUT2D eigenvalue weighted by Gasteiger charge is -2.16. The zero-order valence-electron chi connectivity index (χ0n) is 15.1. The number of aliphatic hydroxyl groups is 1. The summed E-state index contributed by atoms with van der Waals surface area (Å²) in [5, 5.41) is 14.0. The van der Waals surface area contributed by atoms with Crippen molar-refractivity contribution in [2.45, 2.75) is 13.8 Å². The highest BCUT2D eigenvalue weighted by Gasteiger charge is 2.14. The predicted octanol–water partition coefficient (Wildman–Crippen LogP) is 5.65. The Bertz CT molecular complexity index is 1100. The van der Waals surface area contributed by atoms with E-state index in [1.807, 2.05) is 6.07 Å². The Morgan fingerprint density at radius 1 is 0.769 bits per heavy atom. The van der Waals surface area contributed by atoms with Crippen LogP contribution < -0.4 is 4.74 Å².